The molecule has 2 aromatic carbocycles. The molecule has 4 atom stereocenters. The molecule has 8 nitrogen and oxygen atoms in total. The third kappa shape index (κ3) is 6.94. The number of hydrogen-bond donors (Lipinski definition) is 1. The molecule has 4 heterocycles. The van der Waals surface area contributed by atoms with Crippen molar-refractivity contribution in [3.05, 3.63) is 59.3 Å². The number of aromatic nitrogens is 3. The molecule has 0 bridgehead atoms. The number of hydrogen-bond acceptors (Lipinski definition) is 8. The van der Waals surface area contributed by atoms with E-state index in [2.05, 4.69) is 58.0 Å². The number of aromatic hydroxyl groups is 1. The standard InChI is InChI=1S/C44H54F3N5O3Si/c1-25(2)56(26(3)4,27(5)6)17-13-32-36(46)11-10-29-18-31(53)19-33(37(29)32)39-28(7)40-34(21-48-39)42(52-15-16-54-22-35-38(47)41(35)52)50-43(49-40)55-24-44(8)23-51(9)14-12-30(44)20-45/h10-11,18-21,25-27,35,38,41,53H,12,14-16,22-24H2,1-9H3/b30-20+/t35-,38-,41-,44-/m0/s1/i9D3,24D2. The molecular weight excluding hydrogens is 732 g/mol. The van der Waals surface area contributed by atoms with Crippen LogP contribution in [0.15, 0.2) is 42.4 Å². The van der Waals surface area contributed by atoms with E-state index in [0.717, 1.165) is 4.90 Å². The van der Waals surface area contributed by atoms with Gasteiger partial charge < -0.3 is 24.4 Å². The lowest BCUT2D eigenvalue weighted by atomic mass is 9.78. The average Bonchev–Trinajstić information content (AvgIpc) is 3.87. The summed E-state index contributed by atoms with van der Waals surface area (Å²) in [5.41, 5.74) is 4.32. The molecule has 7 rings (SSSR count). The molecule has 0 spiro atoms. The van der Waals surface area contributed by atoms with Crippen molar-refractivity contribution in [3.63, 3.8) is 0 Å². The molecule has 3 aliphatic rings. The number of anilines is 1. The van der Waals surface area contributed by atoms with Crippen molar-refractivity contribution in [2.45, 2.75) is 90.6 Å². The highest BCUT2D eigenvalue weighted by molar-refractivity contribution is 6.90. The maximum absolute atomic E-state index is 16.2. The van der Waals surface area contributed by atoms with Gasteiger partial charge in [-0.15, -0.1) is 5.54 Å². The van der Waals surface area contributed by atoms with E-state index in [1.54, 1.807) is 24.0 Å². The van der Waals surface area contributed by atoms with Gasteiger partial charge in [0, 0.05) is 57.8 Å². The summed E-state index contributed by atoms with van der Waals surface area (Å²) in [5.74, 6) is 2.49. The second kappa shape index (κ2) is 15.3. The number of nitrogens with zero attached hydrogens (tertiary/aromatic N) is 5. The van der Waals surface area contributed by atoms with E-state index in [1.165, 1.54) is 25.3 Å². The summed E-state index contributed by atoms with van der Waals surface area (Å²) in [7, 11) is -2.32. The molecule has 3 fully saturated rings. The van der Waals surface area contributed by atoms with Gasteiger partial charge in [-0.2, -0.15) is 9.97 Å². The predicted octanol–water partition coefficient (Wildman–Crippen LogP) is 9.31. The Morgan fingerprint density at radius 1 is 1.16 bits per heavy atom. The number of alkyl halides is 1. The smallest absolute Gasteiger partial charge is 0.318 e. The highest BCUT2D eigenvalue weighted by atomic mass is 28.3. The number of halogens is 3. The van der Waals surface area contributed by atoms with Gasteiger partial charge in [0.15, 0.2) is 0 Å². The van der Waals surface area contributed by atoms with Crippen LogP contribution in [0.25, 0.3) is 32.9 Å². The van der Waals surface area contributed by atoms with E-state index in [4.69, 9.17) is 23.6 Å². The van der Waals surface area contributed by atoms with Gasteiger partial charge in [0.25, 0.3) is 0 Å². The van der Waals surface area contributed by atoms with Gasteiger partial charge in [-0.1, -0.05) is 60.5 Å². The first-order chi connectivity index (χ1) is 28.6. The van der Waals surface area contributed by atoms with Gasteiger partial charge in [0.05, 0.1) is 50.5 Å². The Kier molecular flexibility index (Phi) is 9.26. The molecular formula is C44H54F3N5O3Si. The predicted molar refractivity (Wildman–Crippen MR) is 220 cm³/mol. The zero-order valence-electron chi connectivity index (χ0n) is 38.3. The minimum absolute atomic E-state index is 0.00952. The quantitative estimate of drug-likeness (QED) is 0.140. The molecule has 0 radical (unpaired) electrons. The lowest BCUT2D eigenvalue weighted by molar-refractivity contribution is 0.109. The number of pyridine rings is 1. The molecule has 2 aromatic heterocycles. The second-order valence-electron chi connectivity index (χ2n) is 16.7. The lowest BCUT2D eigenvalue weighted by Crippen LogP contribution is -2.44. The number of rotatable bonds is 8. The summed E-state index contributed by atoms with van der Waals surface area (Å²) in [6.45, 7) is 11.2. The van der Waals surface area contributed by atoms with Crippen molar-refractivity contribution >= 4 is 35.6 Å². The van der Waals surface area contributed by atoms with Crippen LogP contribution < -0.4 is 9.64 Å². The number of aryl methyl sites for hydroxylation is 1. The summed E-state index contributed by atoms with van der Waals surface area (Å²) in [4.78, 5) is 17.2. The first-order valence-electron chi connectivity index (χ1n) is 22.0. The van der Waals surface area contributed by atoms with Crippen molar-refractivity contribution in [2.75, 3.05) is 51.3 Å². The molecule has 298 valence electrons. The fraction of sp³-hybridized carbons (Fsp3) is 0.523. The lowest BCUT2D eigenvalue weighted by Gasteiger charge is -2.40. The molecule has 12 heteroatoms. The summed E-state index contributed by atoms with van der Waals surface area (Å²) >= 11 is 0. The van der Waals surface area contributed by atoms with Crippen molar-refractivity contribution in [1.29, 1.82) is 0 Å². The summed E-state index contributed by atoms with van der Waals surface area (Å²) < 4.78 is 100. The number of piperidine rings is 1. The molecule has 1 N–H and O–H groups in total. The molecule has 4 aromatic rings. The van der Waals surface area contributed by atoms with E-state index >= 15 is 8.78 Å². The van der Waals surface area contributed by atoms with Crippen LogP contribution in [-0.4, -0.2) is 91.6 Å². The Hall–Kier alpha value is -4.18. The van der Waals surface area contributed by atoms with Crippen molar-refractivity contribution in [1.82, 2.24) is 19.9 Å². The van der Waals surface area contributed by atoms with Crippen LogP contribution in [0.4, 0.5) is 19.0 Å². The van der Waals surface area contributed by atoms with Gasteiger partial charge in [0.2, 0.25) is 0 Å². The minimum atomic E-state index is -2.76. The highest BCUT2D eigenvalue weighted by Crippen LogP contribution is 2.46. The Morgan fingerprint density at radius 3 is 2.61 bits per heavy atom. The van der Waals surface area contributed by atoms with Crippen LogP contribution in [-0.2, 0) is 4.74 Å². The third-order valence-corrected chi connectivity index (χ3v) is 18.6. The van der Waals surface area contributed by atoms with Crippen molar-refractivity contribution < 1.29 is 34.6 Å². The van der Waals surface area contributed by atoms with E-state index in [1.807, 2.05) is 0 Å². The molecule has 0 unspecified atom stereocenters. The Labute approximate surface area is 336 Å². The molecule has 56 heavy (non-hydrogen) atoms. The first kappa shape index (κ1) is 33.9. The maximum Gasteiger partial charge on any atom is 0.318 e. The van der Waals surface area contributed by atoms with E-state index in [-0.39, 0.29) is 77.6 Å². The van der Waals surface area contributed by atoms with Crippen molar-refractivity contribution in [3.8, 4) is 34.5 Å². The van der Waals surface area contributed by atoms with Gasteiger partial charge >= 0.3 is 6.01 Å². The van der Waals surface area contributed by atoms with E-state index < -0.39 is 63.5 Å². The average molecular weight is 791 g/mol. The molecule has 1 saturated carbocycles. The third-order valence-electron chi connectivity index (χ3n) is 12.3. The molecule has 1 aliphatic carbocycles. The van der Waals surface area contributed by atoms with E-state index in [9.17, 15) is 12.2 Å². The summed E-state index contributed by atoms with van der Waals surface area (Å²) in [6, 6.07) is 4.94. The van der Waals surface area contributed by atoms with Crippen LogP contribution in [0.2, 0.25) is 16.6 Å². The summed E-state index contributed by atoms with van der Waals surface area (Å²) in [6.07, 6.45) is 0.560. The maximum atomic E-state index is 16.2. The van der Waals surface area contributed by atoms with Crippen LogP contribution in [0, 0.1) is 35.5 Å². The Balaban J connectivity index is 1.45. The summed E-state index contributed by atoms with van der Waals surface area (Å²) in [5, 5.41) is 12.5. The Morgan fingerprint density at radius 2 is 1.91 bits per heavy atom. The van der Waals surface area contributed by atoms with Crippen LogP contribution in [0.3, 0.4) is 0 Å². The SMILES string of the molecule is [2H]C([2H])([2H])N1CC/C(=C\F)[C@](C)(C([2H])([2H])Oc2nc(N3CCOC[C@H]4[C@H](F)[C@H]43)c3cnc(-c4cc(O)cc5ccc(F)c(C#C[Si](C(C)C)(C(C)C)C(C)C)c45)c(C)c3n2)C1. The topological polar surface area (TPSA) is 83.8 Å². The fourth-order valence-electron chi connectivity index (χ4n) is 9.27. The van der Waals surface area contributed by atoms with Crippen LogP contribution in [0.1, 0.15) is 72.9 Å². The van der Waals surface area contributed by atoms with E-state index in [0.29, 0.717) is 39.3 Å². The van der Waals surface area contributed by atoms with Crippen molar-refractivity contribution in [2.24, 2.45) is 11.3 Å². The first-order valence-corrected chi connectivity index (χ1v) is 21.7. The number of fused-ring (bicyclic) bond motifs is 3. The van der Waals surface area contributed by atoms with Gasteiger partial charge in [-0.25, -0.2) is 13.2 Å². The number of benzene rings is 2. The number of ether oxygens (including phenoxy) is 2. The molecule has 2 aliphatic heterocycles. The molecule has 2 saturated heterocycles. The number of phenolic OH excluding ortho intramolecular Hbond substituents is 1. The van der Waals surface area contributed by atoms with Crippen LogP contribution in [0.5, 0.6) is 11.8 Å². The van der Waals surface area contributed by atoms with Gasteiger partial charge in [0.1, 0.15) is 38.2 Å². The molecule has 0 amide bonds. The zero-order chi connectivity index (χ0) is 44.6. The Bertz CT molecular complexity index is 2440. The minimum Gasteiger partial charge on any atom is -0.508 e. The number of likely N-dealkylation sites (tertiary alicyclic amines) is 1. The normalized spacial score (nSPS) is 25.7. The second-order valence-corrected chi connectivity index (χ2v) is 22.3. The van der Waals surface area contributed by atoms with Gasteiger partial charge in [-0.05, 0) is 66.1 Å². The fourth-order valence-corrected chi connectivity index (χ4v) is 14.5. The number of phenols is 1. The highest BCUT2D eigenvalue weighted by Gasteiger charge is 2.56. The van der Waals surface area contributed by atoms with Gasteiger partial charge in [-0.3, -0.25) is 4.98 Å². The van der Waals surface area contributed by atoms with Crippen LogP contribution >= 0.6 is 0 Å². The zero-order valence-corrected chi connectivity index (χ0v) is 34.3. The largest absolute Gasteiger partial charge is 0.508 e. The monoisotopic (exact) mass is 790 g/mol.